The van der Waals surface area contributed by atoms with Crippen LogP contribution in [0.15, 0.2) is 6.20 Å². The van der Waals surface area contributed by atoms with Gasteiger partial charge in [-0.3, -0.25) is 4.68 Å². The van der Waals surface area contributed by atoms with Crippen molar-refractivity contribution >= 4 is 22.7 Å². The van der Waals surface area contributed by atoms with Crippen molar-refractivity contribution in [2.45, 2.75) is 45.6 Å². The molecule has 1 atom stereocenters. The van der Waals surface area contributed by atoms with Gasteiger partial charge in [-0.25, -0.2) is 9.78 Å². The van der Waals surface area contributed by atoms with E-state index in [1.807, 2.05) is 20.9 Å². The maximum absolute atomic E-state index is 12.6. The molecule has 2 aromatic heterocycles. The van der Waals surface area contributed by atoms with Crippen molar-refractivity contribution in [2.75, 3.05) is 31.2 Å². The van der Waals surface area contributed by atoms with Gasteiger partial charge >= 0.3 is 5.97 Å². The maximum atomic E-state index is 12.6. The summed E-state index contributed by atoms with van der Waals surface area (Å²) in [5.41, 5.74) is 3.16. The van der Waals surface area contributed by atoms with Crippen molar-refractivity contribution in [1.82, 2.24) is 14.8 Å². The number of fused-ring (bicyclic) bond motifs is 1. The van der Waals surface area contributed by atoms with Gasteiger partial charge in [0, 0.05) is 32.9 Å². The molecule has 2 aromatic rings. The van der Waals surface area contributed by atoms with E-state index >= 15 is 0 Å². The number of hydrogen-bond donors (Lipinski definition) is 0. The minimum absolute atomic E-state index is 0.314. The van der Waals surface area contributed by atoms with Gasteiger partial charge in [-0.05, 0) is 45.4 Å². The van der Waals surface area contributed by atoms with Gasteiger partial charge in [0.15, 0.2) is 5.65 Å². The molecule has 0 radical (unpaired) electrons. The predicted octanol–water partition coefficient (Wildman–Crippen LogP) is 2.85. The lowest BCUT2D eigenvalue weighted by atomic mass is 9.89. The van der Waals surface area contributed by atoms with Crippen LogP contribution in [-0.2, 0) is 16.5 Å². The zero-order valence-corrected chi connectivity index (χ0v) is 16.4. The van der Waals surface area contributed by atoms with Crippen LogP contribution in [0.2, 0.25) is 0 Å². The first-order chi connectivity index (χ1) is 13.1. The molecule has 7 nitrogen and oxygen atoms in total. The number of aryl methyl sites for hydroxylation is 2. The Balaban J connectivity index is 1.68. The maximum Gasteiger partial charge on any atom is 0.341 e. The number of rotatable bonds is 4. The van der Waals surface area contributed by atoms with E-state index in [-0.39, 0.29) is 5.97 Å². The Morgan fingerprint density at radius 3 is 2.78 bits per heavy atom. The molecular weight excluding hydrogens is 344 g/mol. The summed E-state index contributed by atoms with van der Waals surface area (Å²) >= 11 is 0. The summed E-state index contributed by atoms with van der Waals surface area (Å²) < 4.78 is 13.0. The Hall–Kier alpha value is -2.15. The number of pyridine rings is 1. The van der Waals surface area contributed by atoms with Crippen LogP contribution in [0.4, 0.5) is 5.69 Å². The van der Waals surface area contributed by atoms with Crippen LogP contribution in [0.25, 0.3) is 11.0 Å². The fraction of sp³-hybridized carbons (Fsp3) is 0.650. The highest BCUT2D eigenvalue weighted by Gasteiger charge is 2.32. The summed E-state index contributed by atoms with van der Waals surface area (Å²) in [6, 6.07) is 0. The van der Waals surface area contributed by atoms with Crippen LogP contribution in [-0.4, -0.2) is 53.1 Å². The van der Waals surface area contributed by atoms with Crippen molar-refractivity contribution in [2.24, 2.45) is 13.0 Å². The number of anilines is 1. The molecule has 0 aromatic carbocycles. The SMILES string of the molecule is CCOC(=O)c1cnc2c(c(C)nn2C)c1N1CCC(C2CCCO2)CC1. The van der Waals surface area contributed by atoms with Gasteiger partial charge in [0.2, 0.25) is 0 Å². The van der Waals surface area contributed by atoms with Crippen LogP contribution < -0.4 is 4.90 Å². The molecular formula is C20H28N4O3. The monoisotopic (exact) mass is 372 g/mol. The molecule has 2 aliphatic rings. The van der Waals surface area contributed by atoms with Crippen LogP contribution >= 0.6 is 0 Å². The molecule has 7 heteroatoms. The number of hydrogen-bond acceptors (Lipinski definition) is 6. The Bertz CT molecular complexity index is 833. The Labute approximate surface area is 159 Å². The van der Waals surface area contributed by atoms with Gasteiger partial charge in [-0.15, -0.1) is 0 Å². The highest BCUT2D eigenvalue weighted by Crippen LogP contribution is 2.36. The number of esters is 1. The van der Waals surface area contributed by atoms with Crippen LogP contribution in [0.1, 0.15) is 48.7 Å². The molecule has 0 spiro atoms. The number of carbonyl (C=O) groups is 1. The second kappa shape index (κ2) is 7.46. The Morgan fingerprint density at radius 1 is 1.33 bits per heavy atom. The van der Waals surface area contributed by atoms with E-state index in [9.17, 15) is 4.79 Å². The molecule has 27 heavy (non-hydrogen) atoms. The summed E-state index contributed by atoms with van der Waals surface area (Å²) in [6.45, 7) is 6.86. The molecule has 2 aliphatic heterocycles. The molecule has 146 valence electrons. The van der Waals surface area contributed by atoms with Crippen LogP contribution in [0, 0.1) is 12.8 Å². The summed E-state index contributed by atoms with van der Waals surface area (Å²) in [6.07, 6.45) is 6.57. The molecule has 0 N–H and O–H groups in total. The first-order valence-electron chi connectivity index (χ1n) is 9.96. The van der Waals surface area contributed by atoms with E-state index in [0.29, 0.717) is 24.2 Å². The lowest BCUT2D eigenvalue weighted by molar-refractivity contribution is 0.0515. The Kier molecular flexibility index (Phi) is 5.04. The third-order valence-electron chi connectivity index (χ3n) is 5.84. The summed E-state index contributed by atoms with van der Waals surface area (Å²) in [4.78, 5) is 19.4. The van der Waals surface area contributed by atoms with Gasteiger partial charge in [-0.2, -0.15) is 5.10 Å². The summed E-state index contributed by atoms with van der Waals surface area (Å²) in [7, 11) is 1.89. The Morgan fingerprint density at radius 2 is 2.11 bits per heavy atom. The lowest BCUT2D eigenvalue weighted by Crippen LogP contribution is -2.38. The van der Waals surface area contributed by atoms with E-state index < -0.39 is 0 Å². The minimum atomic E-state index is -0.314. The molecule has 0 saturated carbocycles. The topological polar surface area (TPSA) is 69.5 Å². The largest absolute Gasteiger partial charge is 0.462 e. The van der Waals surface area contributed by atoms with Gasteiger partial charge < -0.3 is 14.4 Å². The second-order valence-corrected chi connectivity index (χ2v) is 7.52. The molecule has 0 amide bonds. The van der Waals surface area contributed by atoms with Gasteiger partial charge in [0.05, 0.1) is 29.5 Å². The molecule has 0 aliphatic carbocycles. The summed E-state index contributed by atoms with van der Waals surface area (Å²) in [5, 5.41) is 5.48. The smallest absolute Gasteiger partial charge is 0.341 e. The highest BCUT2D eigenvalue weighted by molar-refractivity contribution is 6.05. The van der Waals surface area contributed by atoms with E-state index in [0.717, 1.165) is 55.0 Å². The van der Waals surface area contributed by atoms with Crippen LogP contribution in [0.3, 0.4) is 0 Å². The van der Waals surface area contributed by atoms with Crippen molar-refractivity contribution in [3.63, 3.8) is 0 Å². The zero-order chi connectivity index (χ0) is 19.0. The number of carbonyl (C=O) groups excluding carboxylic acids is 1. The predicted molar refractivity (Wildman–Crippen MR) is 103 cm³/mol. The quantitative estimate of drug-likeness (QED) is 0.769. The van der Waals surface area contributed by atoms with E-state index in [4.69, 9.17) is 9.47 Å². The third-order valence-corrected chi connectivity index (χ3v) is 5.84. The fourth-order valence-electron chi connectivity index (χ4n) is 4.55. The minimum Gasteiger partial charge on any atom is -0.462 e. The number of piperidine rings is 1. The first kappa shape index (κ1) is 18.2. The normalized spacial score (nSPS) is 21.1. The molecule has 1 unspecified atom stereocenters. The van der Waals surface area contributed by atoms with Gasteiger partial charge in [0.1, 0.15) is 5.56 Å². The molecule has 2 saturated heterocycles. The fourth-order valence-corrected chi connectivity index (χ4v) is 4.55. The van der Waals surface area contributed by atoms with Gasteiger partial charge in [0.25, 0.3) is 0 Å². The molecule has 4 heterocycles. The molecule has 4 rings (SSSR count). The number of nitrogens with zero attached hydrogens (tertiary/aromatic N) is 4. The molecule has 2 fully saturated rings. The molecule has 0 bridgehead atoms. The second-order valence-electron chi connectivity index (χ2n) is 7.52. The van der Waals surface area contributed by atoms with Crippen molar-refractivity contribution in [3.8, 4) is 0 Å². The van der Waals surface area contributed by atoms with Crippen molar-refractivity contribution < 1.29 is 14.3 Å². The summed E-state index contributed by atoms with van der Waals surface area (Å²) in [5.74, 6) is 0.300. The van der Waals surface area contributed by atoms with E-state index in [1.54, 1.807) is 10.9 Å². The van der Waals surface area contributed by atoms with E-state index in [1.165, 1.54) is 12.8 Å². The van der Waals surface area contributed by atoms with Crippen molar-refractivity contribution in [3.05, 3.63) is 17.5 Å². The van der Waals surface area contributed by atoms with Gasteiger partial charge in [-0.1, -0.05) is 0 Å². The zero-order valence-electron chi connectivity index (χ0n) is 16.4. The average Bonchev–Trinajstić information content (AvgIpc) is 3.30. The third kappa shape index (κ3) is 3.29. The average molecular weight is 372 g/mol. The lowest BCUT2D eigenvalue weighted by Gasteiger charge is -2.36. The van der Waals surface area contributed by atoms with E-state index in [2.05, 4.69) is 15.0 Å². The number of aromatic nitrogens is 3. The van der Waals surface area contributed by atoms with Crippen LogP contribution in [0.5, 0.6) is 0 Å². The number of ether oxygens (including phenoxy) is 2. The standard InChI is InChI=1S/C20H28N4O3/c1-4-26-20(25)15-12-21-19-17(13(2)22-23(19)3)18(15)24-9-7-14(8-10-24)16-6-5-11-27-16/h12,14,16H,4-11H2,1-3H3. The van der Waals surface area contributed by atoms with Crippen molar-refractivity contribution in [1.29, 1.82) is 0 Å². The first-order valence-corrected chi connectivity index (χ1v) is 9.96. The highest BCUT2D eigenvalue weighted by atomic mass is 16.5.